The number of nitrogens with two attached hydrogens (primary N) is 1. The molecule has 2 rings (SSSR count). The average Bonchev–Trinajstić information content (AvgIpc) is 2.47. The number of carbonyl (C=O) groups is 2. The predicted octanol–water partition coefficient (Wildman–Crippen LogP) is 0.0236. The summed E-state index contributed by atoms with van der Waals surface area (Å²) in [5, 5.41) is 0. The molecule has 1 aliphatic heterocycles. The summed E-state index contributed by atoms with van der Waals surface area (Å²) in [5.41, 5.74) is 4.38. The second-order valence-corrected chi connectivity index (χ2v) is 4.95. The van der Waals surface area contributed by atoms with E-state index in [1.54, 1.807) is 4.90 Å². The zero-order valence-corrected chi connectivity index (χ0v) is 11.6. The molecule has 0 spiro atoms. The Balaban J connectivity index is 1.89. The highest BCUT2D eigenvalue weighted by Crippen LogP contribution is 2.17. The first-order valence-electron chi connectivity index (χ1n) is 6.69. The third-order valence-electron chi connectivity index (χ3n) is 3.47. The molecule has 6 heteroatoms. The van der Waals surface area contributed by atoms with Crippen molar-refractivity contribution >= 4 is 17.5 Å². The number of hydrogen-bond donors (Lipinski definition) is 2. The van der Waals surface area contributed by atoms with Crippen LogP contribution in [0.4, 0.5) is 5.69 Å². The molecule has 1 heterocycles. The summed E-state index contributed by atoms with van der Waals surface area (Å²) in [6, 6.07) is 8.31. The standard InChI is InChI=1S/C14H20N4O2/c1-11-3-2-4-12(9-11)17-5-7-18(8-6-17)14(20)10-13(19)16-15/h2-4,9H,5-8,10,15H2,1H3,(H,16,19). The predicted molar refractivity (Wildman–Crippen MR) is 76.9 cm³/mol. The van der Waals surface area contributed by atoms with Crippen molar-refractivity contribution in [2.45, 2.75) is 13.3 Å². The molecular formula is C14H20N4O2. The summed E-state index contributed by atoms with van der Waals surface area (Å²) in [5.74, 6) is 4.37. The number of nitrogens with zero attached hydrogens (tertiary/aromatic N) is 2. The van der Waals surface area contributed by atoms with E-state index in [2.05, 4.69) is 30.0 Å². The topological polar surface area (TPSA) is 78.7 Å². The van der Waals surface area contributed by atoms with Crippen LogP contribution >= 0.6 is 0 Å². The van der Waals surface area contributed by atoms with Crippen molar-refractivity contribution in [2.75, 3.05) is 31.1 Å². The minimum atomic E-state index is -0.448. The van der Waals surface area contributed by atoms with E-state index in [1.165, 1.54) is 11.3 Å². The van der Waals surface area contributed by atoms with Crippen LogP contribution in [0.1, 0.15) is 12.0 Å². The molecule has 20 heavy (non-hydrogen) atoms. The highest BCUT2D eigenvalue weighted by Gasteiger charge is 2.22. The van der Waals surface area contributed by atoms with Crippen LogP contribution in [0, 0.1) is 6.92 Å². The molecule has 0 bridgehead atoms. The van der Waals surface area contributed by atoms with E-state index in [-0.39, 0.29) is 12.3 Å². The van der Waals surface area contributed by atoms with Gasteiger partial charge in [-0.05, 0) is 24.6 Å². The van der Waals surface area contributed by atoms with E-state index in [1.807, 2.05) is 11.5 Å². The van der Waals surface area contributed by atoms with E-state index in [4.69, 9.17) is 5.84 Å². The normalized spacial score (nSPS) is 15.1. The third kappa shape index (κ3) is 3.48. The lowest BCUT2D eigenvalue weighted by Crippen LogP contribution is -2.49. The number of aryl methyl sites for hydroxylation is 1. The van der Waals surface area contributed by atoms with E-state index in [0.29, 0.717) is 13.1 Å². The molecule has 0 radical (unpaired) electrons. The quantitative estimate of drug-likeness (QED) is 0.353. The largest absolute Gasteiger partial charge is 0.368 e. The number of carbonyl (C=O) groups excluding carboxylic acids is 2. The first kappa shape index (κ1) is 14.3. The zero-order chi connectivity index (χ0) is 14.5. The van der Waals surface area contributed by atoms with Crippen molar-refractivity contribution in [3.63, 3.8) is 0 Å². The zero-order valence-electron chi connectivity index (χ0n) is 11.6. The molecule has 0 aromatic heterocycles. The fourth-order valence-corrected chi connectivity index (χ4v) is 2.34. The average molecular weight is 276 g/mol. The summed E-state index contributed by atoms with van der Waals surface area (Å²) in [7, 11) is 0. The Bertz CT molecular complexity index is 496. The number of piperazine rings is 1. The molecule has 2 amide bonds. The van der Waals surface area contributed by atoms with E-state index < -0.39 is 5.91 Å². The smallest absolute Gasteiger partial charge is 0.243 e. The second kappa shape index (κ2) is 6.38. The van der Waals surface area contributed by atoms with Gasteiger partial charge in [-0.1, -0.05) is 12.1 Å². The molecule has 1 aromatic carbocycles. The van der Waals surface area contributed by atoms with Crippen LogP contribution in [0.5, 0.6) is 0 Å². The number of hydrogen-bond acceptors (Lipinski definition) is 4. The molecule has 0 saturated carbocycles. The molecule has 0 unspecified atom stereocenters. The molecule has 1 fully saturated rings. The summed E-state index contributed by atoms with van der Waals surface area (Å²) < 4.78 is 0. The second-order valence-electron chi connectivity index (χ2n) is 4.95. The van der Waals surface area contributed by atoms with Crippen molar-refractivity contribution < 1.29 is 9.59 Å². The lowest BCUT2D eigenvalue weighted by molar-refractivity contribution is -0.136. The van der Waals surface area contributed by atoms with Crippen molar-refractivity contribution in [3.8, 4) is 0 Å². The SMILES string of the molecule is Cc1cccc(N2CCN(C(=O)CC(=O)NN)CC2)c1. The number of amides is 2. The summed E-state index contributed by atoms with van der Waals surface area (Å²) in [6.45, 7) is 4.88. The highest BCUT2D eigenvalue weighted by atomic mass is 16.2. The number of anilines is 1. The van der Waals surface area contributed by atoms with Crippen LogP contribution < -0.4 is 16.2 Å². The Labute approximate surface area is 118 Å². The van der Waals surface area contributed by atoms with Gasteiger partial charge in [-0.25, -0.2) is 5.84 Å². The van der Waals surface area contributed by atoms with Gasteiger partial charge in [0.2, 0.25) is 11.8 Å². The van der Waals surface area contributed by atoms with Crippen molar-refractivity contribution in [3.05, 3.63) is 29.8 Å². The van der Waals surface area contributed by atoms with Crippen LogP contribution in [0.3, 0.4) is 0 Å². The lowest BCUT2D eigenvalue weighted by Gasteiger charge is -2.36. The van der Waals surface area contributed by atoms with E-state index in [9.17, 15) is 9.59 Å². The molecule has 6 nitrogen and oxygen atoms in total. The molecule has 3 N–H and O–H groups in total. The van der Waals surface area contributed by atoms with Crippen molar-refractivity contribution in [2.24, 2.45) is 5.84 Å². The Morgan fingerprint density at radius 2 is 1.95 bits per heavy atom. The monoisotopic (exact) mass is 276 g/mol. The highest BCUT2D eigenvalue weighted by molar-refractivity contribution is 5.96. The van der Waals surface area contributed by atoms with Gasteiger partial charge in [0.05, 0.1) is 0 Å². The third-order valence-corrected chi connectivity index (χ3v) is 3.47. The van der Waals surface area contributed by atoms with Gasteiger partial charge < -0.3 is 9.80 Å². The minimum Gasteiger partial charge on any atom is -0.368 e. The van der Waals surface area contributed by atoms with Crippen LogP contribution in [-0.2, 0) is 9.59 Å². The molecule has 108 valence electrons. The number of benzene rings is 1. The number of hydrazine groups is 1. The molecule has 0 aliphatic carbocycles. The Hall–Kier alpha value is -2.08. The van der Waals surface area contributed by atoms with Gasteiger partial charge in [-0.15, -0.1) is 0 Å². The van der Waals surface area contributed by atoms with Gasteiger partial charge in [0, 0.05) is 31.9 Å². The molecular weight excluding hydrogens is 256 g/mol. The molecule has 1 saturated heterocycles. The summed E-state index contributed by atoms with van der Waals surface area (Å²) in [6.07, 6.45) is -0.180. The van der Waals surface area contributed by atoms with Gasteiger partial charge in [0.1, 0.15) is 6.42 Å². The maximum Gasteiger partial charge on any atom is 0.243 e. The fraction of sp³-hybridized carbons (Fsp3) is 0.429. The van der Waals surface area contributed by atoms with Crippen LogP contribution in [0.25, 0.3) is 0 Å². The number of nitrogens with one attached hydrogen (secondary N) is 1. The molecule has 0 atom stereocenters. The van der Waals surface area contributed by atoms with Gasteiger partial charge in [-0.2, -0.15) is 0 Å². The van der Waals surface area contributed by atoms with Crippen molar-refractivity contribution in [1.29, 1.82) is 0 Å². The van der Waals surface area contributed by atoms with Gasteiger partial charge >= 0.3 is 0 Å². The Kier molecular flexibility index (Phi) is 4.57. The van der Waals surface area contributed by atoms with Gasteiger partial charge in [0.15, 0.2) is 0 Å². The van der Waals surface area contributed by atoms with Gasteiger partial charge in [0.25, 0.3) is 0 Å². The van der Waals surface area contributed by atoms with Crippen molar-refractivity contribution in [1.82, 2.24) is 10.3 Å². The van der Waals surface area contributed by atoms with Crippen LogP contribution in [-0.4, -0.2) is 42.9 Å². The lowest BCUT2D eigenvalue weighted by atomic mass is 10.2. The first-order chi connectivity index (χ1) is 9.60. The number of rotatable bonds is 3. The Morgan fingerprint density at radius 3 is 2.55 bits per heavy atom. The Morgan fingerprint density at radius 1 is 1.25 bits per heavy atom. The molecule has 1 aromatic rings. The van der Waals surface area contributed by atoms with E-state index in [0.717, 1.165) is 13.1 Å². The minimum absolute atomic E-state index is 0.170. The van der Waals surface area contributed by atoms with Crippen LogP contribution in [0.15, 0.2) is 24.3 Å². The summed E-state index contributed by atoms with van der Waals surface area (Å²) >= 11 is 0. The molecule has 1 aliphatic rings. The fourth-order valence-electron chi connectivity index (χ4n) is 2.34. The van der Waals surface area contributed by atoms with Gasteiger partial charge in [-0.3, -0.25) is 15.0 Å². The van der Waals surface area contributed by atoms with Crippen LogP contribution in [0.2, 0.25) is 0 Å². The van der Waals surface area contributed by atoms with E-state index >= 15 is 0 Å². The first-order valence-corrected chi connectivity index (χ1v) is 6.69. The summed E-state index contributed by atoms with van der Waals surface area (Å²) in [4.78, 5) is 26.9. The maximum atomic E-state index is 11.9. The maximum absolute atomic E-state index is 11.9.